The third kappa shape index (κ3) is 7.70. The lowest BCUT2D eigenvalue weighted by Crippen LogP contribution is -2.44. The second-order valence-corrected chi connectivity index (χ2v) is 7.24. The van der Waals surface area contributed by atoms with Crippen molar-refractivity contribution >= 4 is 41.3 Å². The molecule has 0 aliphatic rings. The number of aromatic nitrogens is 1. The number of rotatable bonds is 7. The Morgan fingerprint density at radius 1 is 1.28 bits per heavy atom. The van der Waals surface area contributed by atoms with Crippen LogP contribution in [-0.4, -0.2) is 42.5 Å². The van der Waals surface area contributed by atoms with Crippen molar-refractivity contribution in [2.75, 3.05) is 20.6 Å². The third-order valence-corrected chi connectivity index (χ3v) is 4.80. The molecule has 0 aliphatic carbocycles. The third-order valence-electron chi connectivity index (χ3n) is 3.89. The number of hydrogen-bond acceptors (Lipinski definition) is 4. The molecule has 1 aromatic carbocycles. The summed E-state index contributed by atoms with van der Waals surface area (Å²) in [6.45, 7) is 6.76. The largest absolute Gasteiger partial charge is 0.355 e. The summed E-state index contributed by atoms with van der Waals surface area (Å²) in [5, 5.41) is 7.77. The highest BCUT2D eigenvalue weighted by molar-refractivity contribution is 14.0. The summed E-state index contributed by atoms with van der Waals surface area (Å²) in [5.41, 5.74) is 1.33. The van der Waals surface area contributed by atoms with Gasteiger partial charge in [-0.3, -0.25) is 9.89 Å². The van der Waals surface area contributed by atoms with Crippen LogP contribution in [0.4, 0.5) is 0 Å². The quantitative estimate of drug-likeness (QED) is 0.368. The molecule has 0 saturated carbocycles. The number of aryl methyl sites for hydroxylation is 1. The van der Waals surface area contributed by atoms with Crippen LogP contribution in [0.1, 0.15) is 22.4 Å². The van der Waals surface area contributed by atoms with E-state index in [1.165, 1.54) is 10.4 Å². The summed E-state index contributed by atoms with van der Waals surface area (Å²) in [7, 11) is 3.94. The minimum absolute atomic E-state index is 0. The van der Waals surface area contributed by atoms with Gasteiger partial charge >= 0.3 is 0 Å². The van der Waals surface area contributed by atoms with Gasteiger partial charge in [0.2, 0.25) is 0 Å². The summed E-state index contributed by atoms with van der Waals surface area (Å²) in [5.74, 6) is 0.808. The zero-order chi connectivity index (χ0) is 17.4. The van der Waals surface area contributed by atoms with Crippen LogP contribution in [0.2, 0.25) is 0 Å². The lowest BCUT2D eigenvalue weighted by Gasteiger charge is -2.25. The van der Waals surface area contributed by atoms with Crippen molar-refractivity contribution < 1.29 is 0 Å². The van der Waals surface area contributed by atoms with E-state index >= 15 is 0 Å². The van der Waals surface area contributed by atoms with Crippen molar-refractivity contribution in [1.82, 2.24) is 20.5 Å². The van der Waals surface area contributed by atoms with Gasteiger partial charge in [0.15, 0.2) is 5.96 Å². The maximum Gasteiger partial charge on any atom is 0.191 e. The van der Waals surface area contributed by atoms with Crippen molar-refractivity contribution in [3.8, 4) is 0 Å². The molecule has 2 aromatic rings. The molecule has 1 aromatic heterocycles. The molecule has 25 heavy (non-hydrogen) atoms. The van der Waals surface area contributed by atoms with Gasteiger partial charge in [-0.05, 0) is 26.5 Å². The molecule has 7 heteroatoms. The predicted molar refractivity (Wildman–Crippen MR) is 118 cm³/mol. The predicted octanol–water partition coefficient (Wildman–Crippen LogP) is 3.26. The smallest absolute Gasteiger partial charge is 0.191 e. The number of nitrogens with one attached hydrogen (secondary N) is 2. The van der Waals surface area contributed by atoms with Gasteiger partial charge in [0, 0.05) is 37.3 Å². The summed E-state index contributed by atoms with van der Waals surface area (Å²) in [6, 6.07) is 10.9. The fraction of sp³-hybridized carbons (Fsp3) is 0.444. The second kappa shape index (κ2) is 11.4. The molecular formula is C18H28IN5S. The van der Waals surface area contributed by atoms with E-state index in [-0.39, 0.29) is 24.0 Å². The summed E-state index contributed by atoms with van der Waals surface area (Å²) in [6.07, 6.45) is 1.90. The zero-order valence-corrected chi connectivity index (χ0v) is 18.5. The fourth-order valence-corrected chi connectivity index (χ4v) is 3.02. The van der Waals surface area contributed by atoms with Crippen LogP contribution in [0.3, 0.4) is 0 Å². The van der Waals surface area contributed by atoms with E-state index < -0.39 is 0 Å². The average Bonchev–Trinajstić information content (AvgIpc) is 3.01. The van der Waals surface area contributed by atoms with E-state index in [0.29, 0.717) is 12.6 Å². The van der Waals surface area contributed by atoms with Gasteiger partial charge in [-0.15, -0.1) is 35.3 Å². The van der Waals surface area contributed by atoms with Crippen molar-refractivity contribution in [3.63, 3.8) is 0 Å². The van der Waals surface area contributed by atoms with E-state index in [1.807, 2.05) is 12.3 Å². The van der Waals surface area contributed by atoms with E-state index in [0.717, 1.165) is 24.1 Å². The zero-order valence-electron chi connectivity index (χ0n) is 15.3. The highest BCUT2D eigenvalue weighted by atomic mass is 127. The number of thiazole rings is 1. The monoisotopic (exact) mass is 473 g/mol. The average molecular weight is 473 g/mol. The van der Waals surface area contributed by atoms with Gasteiger partial charge in [0.1, 0.15) is 5.01 Å². The molecular weight excluding hydrogens is 445 g/mol. The number of guanidine groups is 1. The molecule has 0 radical (unpaired) electrons. The Labute approximate surface area is 172 Å². The molecule has 0 aliphatic heterocycles. The number of halogens is 1. The van der Waals surface area contributed by atoms with Gasteiger partial charge in [-0.1, -0.05) is 30.3 Å². The molecule has 5 nitrogen and oxygen atoms in total. The molecule has 2 rings (SSSR count). The van der Waals surface area contributed by atoms with E-state index in [2.05, 4.69) is 70.7 Å². The number of likely N-dealkylation sites (N-methyl/N-ethyl adjacent to an activating group) is 1. The van der Waals surface area contributed by atoms with Gasteiger partial charge < -0.3 is 10.6 Å². The molecule has 2 N–H and O–H groups in total. The first kappa shape index (κ1) is 21.9. The van der Waals surface area contributed by atoms with Crippen molar-refractivity contribution in [1.29, 1.82) is 0 Å². The highest BCUT2D eigenvalue weighted by Crippen LogP contribution is 2.10. The summed E-state index contributed by atoms with van der Waals surface area (Å²) >= 11 is 1.71. The van der Waals surface area contributed by atoms with E-state index in [9.17, 15) is 0 Å². The molecule has 1 unspecified atom stereocenters. The number of benzene rings is 1. The number of aliphatic imine (C=N–C) groups is 1. The Morgan fingerprint density at radius 3 is 2.60 bits per heavy atom. The first-order valence-corrected chi connectivity index (χ1v) is 9.00. The highest BCUT2D eigenvalue weighted by Gasteiger charge is 2.10. The molecule has 0 bridgehead atoms. The Balaban J connectivity index is 0.00000312. The second-order valence-electron chi connectivity index (χ2n) is 5.92. The maximum absolute atomic E-state index is 4.36. The van der Waals surface area contributed by atoms with Crippen LogP contribution in [0.25, 0.3) is 0 Å². The van der Waals surface area contributed by atoms with Crippen molar-refractivity contribution in [2.24, 2.45) is 4.99 Å². The lowest BCUT2D eigenvalue weighted by molar-refractivity contribution is 0.249. The molecule has 138 valence electrons. The summed E-state index contributed by atoms with van der Waals surface area (Å²) in [4.78, 5) is 12.2. The fourth-order valence-electron chi connectivity index (χ4n) is 2.29. The van der Waals surface area contributed by atoms with Gasteiger partial charge in [0.25, 0.3) is 0 Å². The normalized spacial score (nSPS) is 12.6. The lowest BCUT2D eigenvalue weighted by atomic mass is 10.2. The SMILES string of the molecule is CN=C(NCc1ncc(C)s1)NCC(C)N(C)Cc1ccccc1.I. The standard InChI is InChI=1S/C18H27N5S.HI/c1-14(23(4)13-16-8-6-5-7-9-16)10-21-18(19-3)22-12-17-20-11-15(2)24-17;/h5-9,11,14H,10,12-13H2,1-4H3,(H2,19,21,22);1H. The summed E-state index contributed by atoms with van der Waals surface area (Å²) < 4.78 is 0. The van der Waals surface area contributed by atoms with Crippen LogP contribution in [0.15, 0.2) is 41.5 Å². The molecule has 0 spiro atoms. The molecule has 0 amide bonds. The Hall–Kier alpha value is -1.19. The minimum Gasteiger partial charge on any atom is -0.355 e. The van der Waals surface area contributed by atoms with Crippen LogP contribution in [0.5, 0.6) is 0 Å². The van der Waals surface area contributed by atoms with Crippen LogP contribution in [-0.2, 0) is 13.1 Å². The molecule has 0 saturated heterocycles. The Morgan fingerprint density at radius 2 is 2.00 bits per heavy atom. The first-order chi connectivity index (χ1) is 11.6. The Kier molecular flexibility index (Phi) is 9.99. The molecule has 1 atom stereocenters. The van der Waals surface area contributed by atoms with Gasteiger partial charge in [0.05, 0.1) is 6.54 Å². The topological polar surface area (TPSA) is 52.6 Å². The van der Waals surface area contributed by atoms with Crippen LogP contribution >= 0.6 is 35.3 Å². The van der Waals surface area contributed by atoms with Gasteiger partial charge in [-0.2, -0.15) is 0 Å². The van der Waals surface area contributed by atoms with Crippen LogP contribution in [0, 0.1) is 6.92 Å². The van der Waals surface area contributed by atoms with E-state index in [1.54, 1.807) is 18.4 Å². The molecule has 1 heterocycles. The molecule has 0 fully saturated rings. The number of hydrogen-bond donors (Lipinski definition) is 2. The number of nitrogens with zero attached hydrogens (tertiary/aromatic N) is 3. The Bertz CT molecular complexity index is 644. The van der Waals surface area contributed by atoms with Gasteiger partial charge in [-0.25, -0.2) is 4.98 Å². The van der Waals surface area contributed by atoms with Crippen molar-refractivity contribution in [3.05, 3.63) is 52.0 Å². The van der Waals surface area contributed by atoms with Crippen LogP contribution < -0.4 is 10.6 Å². The first-order valence-electron chi connectivity index (χ1n) is 8.18. The maximum atomic E-state index is 4.36. The van der Waals surface area contributed by atoms with Crippen molar-refractivity contribution in [2.45, 2.75) is 33.0 Å². The minimum atomic E-state index is 0. The van der Waals surface area contributed by atoms with E-state index in [4.69, 9.17) is 0 Å².